The van der Waals surface area contributed by atoms with Crippen LogP contribution in [0.2, 0.25) is 0 Å². The molecule has 2 rings (SSSR count). The molecule has 166 valence electrons. The van der Waals surface area contributed by atoms with Crippen molar-refractivity contribution in [2.75, 3.05) is 6.54 Å². The minimum absolute atomic E-state index is 0.00233. The Morgan fingerprint density at radius 3 is 2.23 bits per heavy atom. The Labute approximate surface area is 178 Å². The number of esters is 1. The van der Waals surface area contributed by atoms with Gasteiger partial charge in [-0.3, -0.25) is 14.4 Å². The number of nitrogens with zero attached hydrogens (tertiary/aromatic N) is 1. The number of nitrogens with one attached hydrogen (secondary N) is 1. The lowest BCUT2D eigenvalue weighted by Gasteiger charge is -2.40. The van der Waals surface area contributed by atoms with Crippen LogP contribution in [0.25, 0.3) is 0 Å². The topological polar surface area (TPSA) is 110 Å². The molecular weight excluding hydrogens is 408 g/mol. The molecule has 1 amide bonds. The molecule has 0 radical (unpaired) electrons. The summed E-state index contributed by atoms with van der Waals surface area (Å²) in [5.74, 6) is -1.04. The second kappa shape index (κ2) is 10.2. The molecule has 0 bridgehead atoms. The number of ketones is 1. The van der Waals surface area contributed by atoms with E-state index in [2.05, 4.69) is 4.72 Å². The molecule has 0 saturated carbocycles. The molecule has 1 aliphatic heterocycles. The van der Waals surface area contributed by atoms with Crippen LogP contribution in [0.4, 0.5) is 0 Å². The van der Waals surface area contributed by atoms with Gasteiger partial charge in [0, 0.05) is 24.2 Å². The van der Waals surface area contributed by atoms with Crippen LogP contribution in [0.15, 0.2) is 29.2 Å². The lowest BCUT2D eigenvalue weighted by molar-refractivity contribution is -0.162. The van der Waals surface area contributed by atoms with E-state index in [1.54, 1.807) is 4.90 Å². The third kappa shape index (κ3) is 6.12. The van der Waals surface area contributed by atoms with E-state index in [0.717, 1.165) is 19.3 Å². The average Bonchev–Trinajstić information content (AvgIpc) is 2.67. The van der Waals surface area contributed by atoms with Gasteiger partial charge in [-0.05, 0) is 59.1 Å². The maximum atomic E-state index is 12.7. The highest BCUT2D eigenvalue weighted by molar-refractivity contribution is 7.89. The van der Waals surface area contributed by atoms with Crippen LogP contribution >= 0.6 is 0 Å². The van der Waals surface area contributed by atoms with E-state index < -0.39 is 22.1 Å². The van der Waals surface area contributed by atoms with Crippen LogP contribution in [-0.2, 0) is 24.3 Å². The Kier molecular flexibility index (Phi) is 8.14. The number of carbonyl (C=O) groups excluding carboxylic acids is 3. The van der Waals surface area contributed by atoms with Crippen molar-refractivity contribution in [1.29, 1.82) is 0 Å². The van der Waals surface area contributed by atoms with E-state index in [1.165, 1.54) is 38.1 Å². The van der Waals surface area contributed by atoms with Crippen molar-refractivity contribution in [3.8, 4) is 0 Å². The number of hydrogen-bond donors (Lipinski definition) is 1. The molecule has 1 N–H and O–H groups in total. The highest BCUT2D eigenvalue weighted by atomic mass is 32.2. The fourth-order valence-electron chi connectivity index (χ4n) is 3.61. The van der Waals surface area contributed by atoms with Crippen LogP contribution in [-0.4, -0.2) is 55.7 Å². The molecule has 1 aromatic carbocycles. The highest BCUT2D eigenvalue weighted by Crippen LogP contribution is 2.23. The largest absolute Gasteiger partial charge is 0.452 e. The smallest absolute Gasteiger partial charge is 0.307 e. The summed E-state index contributed by atoms with van der Waals surface area (Å²) in [4.78, 5) is 37.8. The first-order valence-electron chi connectivity index (χ1n) is 10.1. The Morgan fingerprint density at radius 2 is 1.70 bits per heavy atom. The van der Waals surface area contributed by atoms with Crippen molar-refractivity contribution >= 4 is 27.7 Å². The van der Waals surface area contributed by atoms with Crippen molar-refractivity contribution in [1.82, 2.24) is 9.62 Å². The minimum atomic E-state index is -3.82. The molecule has 1 saturated heterocycles. The van der Waals surface area contributed by atoms with E-state index in [1.807, 2.05) is 13.8 Å². The number of sulfonamides is 1. The van der Waals surface area contributed by atoms with Gasteiger partial charge in [-0.1, -0.05) is 12.1 Å². The zero-order valence-electron chi connectivity index (χ0n) is 17.9. The molecule has 0 aromatic heterocycles. The average molecular weight is 439 g/mol. The van der Waals surface area contributed by atoms with Gasteiger partial charge in [0.15, 0.2) is 11.9 Å². The van der Waals surface area contributed by atoms with Crippen molar-refractivity contribution in [2.24, 2.45) is 0 Å². The number of piperidine rings is 1. The molecule has 0 unspecified atom stereocenters. The molecule has 8 nitrogen and oxygen atoms in total. The summed E-state index contributed by atoms with van der Waals surface area (Å²) in [6.45, 7) is 6.74. The Hall–Kier alpha value is -2.26. The molecule has 9 heteroatoms. The van der Waals surface area contributed by atoms with Crippen LogP contribution in [0, 0.1) is 0 Å². The third-order valence-corrected chi connectivity index (χ3v) is 6.77. The third-order valence-electron chi connectivity index (χ3n) is 5.30. The number of ether oxygens (including phenoxy) is 1. The van der Waals surface area contributed by atoms with E-state index in [0.29, 0.717) is 5.56 Å². The van der Waals surface area contributed by atoms with Crippen LogP contribution in [0.3, 0.4) is 0 Å². The zero-order chi connectivity index (χ0) is 22.5. The van der Waals surface area contributed by atoms with E-state index in [-0.39, 0.29) is 41.6 Å². The standard InChI is InChI=1S/C21H30N2O6S/c1-14-6-5-7-15(2)23(14)21(26)17(4)29-20(25)12-13-22-30(27,28)19-10-8-18(9-11-19)16(3)24/h8-11,14-15,17,22H,5-7,12-13H2,1-4H3/t14-,15+,17-/m0/s1. The lowest BCUT2D eigenvalue weighted by Crippen LogP contribution is -2.51. The predicted molar refractivity (Wildman–Crippen MR) is 111 cm³/mol. The van der Waals surface area contributed by atoms with Gasteiger partial charge in [0.25, 0.3) is 5.91 Å². The van der Waals surface area contributed by atoms with Gasteiger partial charge in [0.2, 0.25) is 10.0 Å². The predicted octanol–water partition coefficient (Wildman–Crippen LogP) is 2.28. The minimum Gasteiger partial charge on any atom is -0.452 e. The SMILES string of the molecule is CC(=O)c1ccc(S(=O)(=O)NCCC(=O)O[C@@H](C)C(=O)N2[C@H](C)CCC[C@@H]2C)cc1. The molecule has 1 aromatic rings. The van der Waals surface area contributed by atoms with Gasteiger partial charge in [-0.2, -0.15) is 0 Å². The molecule has 1 heterocycles. The fraction of sp³-hybridized carbons (Fsp3) is 0.571. The number of Topliss-reactive ketones (excluding diaryl/α,β-unsaturated/α-hetero) is 1. The quantitative estimate of drug-likeness (QED) is 0.493. The van der Waals surface area contributed by atoms with Crippen molar-refractivity contribution in [2.45, 2.75) is 76.5 Å². The number of likely N-dealkylation sites (tertiary alicyclic amines) is 1. The molecule has 1 aliphatic rings. The second-order valence-corrected chi connectivity index (χ2v) is 9.50. The lowest BCUT2D eigenvalue weighted by atomic mass is 9.97. The molecule has 3 atom stereocenters. The summed E-state index contributed by atoms with van der Waals surface area (Å²) >= 11 is 0. The summed E-state index contributed by atoms with van der Waals surface area (Å²) in [6.07, 6.45) is 1.79. The number of benzene rings is 1. The van der Waals surface area contributed by atoms with Gasteiger partial charge in [-0.25, -0.2) is 13.1 Å². The molecule has 0 spiro atoms. The van der Waals surface area contributed by atoms with Crippen molar-refractivity contribution < 1.29 is 27.5 Å². The van der Waals surface area contributed by atoms with Crippen LogP contribution < -0.4 is 4.72 Å². The van der Waals surface area contributed by atoms with Crippen LogP contribution in [0.5, 0.6) is 0 Å². The monoisotopic (exact) mass is 438 g/mol. The Balaban J connectivity index is 1.85. The molecule has 30 heavy (non-hydrogen) atoms. The van der Waals surface area contributed by atoms with E-state index in [9.17, 15) is 22.8 Å². The number of carbonyl (C=O) groups is 3. The first-order valence-corrected chi connectivity index (χ1v) is 11.6. The van der Waals surface area contributed by atoms with Crippen molar-refractivity contribution in [3.63, 3.8) is 0 Å². The van der Waals surface area contributed by atoms with Crippen LogP contribution in [0.1, 0.15) is 63.7 Å². The molecule has 1 fully saturated rings. The zero-order valence-corrected chi connectivity index (χ0v) is 18.7. The van der Waals surface area contributed by atoms with Gasteiger partial charge < -0.3 is 9.64 Å². The van der Waals surface area contributed by atoms with E-state index >= 15 is 0 Å². The normalized spacial score (nSPS) is 20.5. The maximum Gasteiger partial charge on any atom is 0.307 e. The Morgan fingerprint density at radius 1 is 1.13 bits per heavy atom. The first kappa shape index (κ1) is 24.0. The van der Waals surface area contributed by atoms with E-state index in [4.69, 9.17) is 4.74 Å². The molecule has 0 aliphatic carbocycles. The first-order chi connectivity index (χ1) is 14.0. The van der Waals surface area contributed by atoms with Gasteiger partial charge in [0.1, 0.15) is 0 Å². The second-order valence-electron chi connectivity index (χ2n) is 7.73. The van der Waals surface area contributed by atoms with Gasteiger partial charge in [-0.15, -0.1) is 0 Å². The maximum absolute atomic E-state index is 12.7. The highest BCUT2D eigenvalue weighted by Gasteiger charge is 2.33. The number of rotatable bonds is 8. The Bertz CT molecular complexity index is 871. The van der Waals surface area contributed by atoms with Gasteiger partial charge in [0.05, 0.1) is 11.3 Å². The number of amides is 1. The summed E-state index contributed by atoms with van der Waals surface area (Å²) in [7, 11) is -3.82. The summed E-state index contributed by atoms with van der Waals surface area (Å²) in [6, 6.07) is 5.73. The van der Waals surface area contributed by atoms with Gasteiger partial charge >= 0.3 is 5.97 Å². The summed E-state index contributed by atoms with van der Waals surface area (Å²) < 4.78 is 32.1. The number of hydrogen-bond acceptors (Lipinski definition) is 6. The summed E-state index contributed by atoms with van der Waals surface area (Å²) in [5, 5.41) is 0. The summed E-state index contributed by atoms with van der Waals surface area (Å²) in [5.41, 5.74) is 0.411. The molecular formula is C21H30N2O6S. The van der Waals surface area contributed by atoms with Crippen molar-refractivity contribution in [3.05, 3.63) is 29.8 Å². The fourth-order valence-corrected chi connectivity index (χ4v) is 4.64.